The molecule has 0 saturated carbocycles. The summed E-state index contributed by atoms with van der Waals surface area (Å²) in [6, 6.07) is 28.2. The number of nitrogens with two attached hydrogens (primary N) is 1. The highest BCUT2D eigenvalue weighted by molar-refractivity contribution is 6.35. The largest absolute Gasteiger partial charge is 0.457 e. The number of aryl methyl sites for hydroxylation is 1. The first kappa shape index (κ1) is 34.3. The minimum Gasteiger partial charge on any atom is -0.457 e. The molecular weight excluding hydrogens is 700 g/mol. The maximum absolute atomic E-state index is 13.4. The van der Waals surface area contributed by atoms with Crippen LogP contribution in [0.4, 0.5) is 22.9 Å². The van der Waals surface area contributed by atoms with Crippen molar-refractivity contribution in [1.29, 1.82) is 0 Å². The molecule has 2 aliphatic rings. The van der Waals surface area contributed by atoms with E-state index in [4.69, 9.17) is 10.5 Å². The molecule has 0 unspecified atom stereocenters. The van der Waals surface area contributed by atoms with Crippen LogP contribution in [0.5, 0.6) is 11.5 Å². The Morgan fingerprint density at radius 3 is 1.69 bits per heavy atom. The van der Waals surface area contributed by atoms with Gasteiger partial charge in [0.25, 0.3) is 29.5 Å². The number of rotatable bonds is 9. The lowest BCUT2D eigenvalue weighted by Gasteiger charge is -2.16. The number of ketones is 1. The number of carbonyl (C=O) groups is 6. The van der Waals surface area contributed by atoms with Crippen LogP contribution >= 0.6 is 0 Å². The Hall–Kier alpha value is -7.80. The van der Waals surface area contributed by atoms with E-state index in [2.05, 4.69) is 15.3 Å². The van der Waals surface area contributed by atoms with Gasteiger partial charge >= 0.3 is 0 Å². The number of nitrogens with zero attached hydrogens (tertiary/aromatic N) is 4. The number of aromatic nitrogens is 2. The molecule has 0 spiro atoms. The highest BCUT2D eigenvalue weighted by Crippen LogP contribution is 2.34. The second kappa shape index (κ2) is 13.6. The van der Waals surface area contributed by atoms with Crippen molar-refractivity contribution in [2.45, 2.75) is 13.3 Å². The van der Waals surface area contributed by atoms with Gasteiger partial charge in [-0.2, -0.15) is 0 Å². The van der Waals surface area contributed by atoms with E-state index in [0.717, 1.165) is 15.4 Å². The first-order valence-electron chi connectivity index (χ1n) is 17.0. The second-order valence-corrected chi connectivity index (χ2v) is 12.9. The van der Waals surface area contributed by atoms with Gasteiger partial charge in [-0.1, -0.05) is 12.1 Å². The molecule has 13 nitrogen and oxygen atoms in total. The van der Waals surface area contributed by atoms with Gasteiger partial charge in [-0.15, -0.1) is 0 Å². The lowest BCUT2D eigenvalue weighted by Crippen LogP contribution is -2.29. The molecule has 5 amide bonds. The van der Waals surface area contributed by atoms with E-state index in [1.165, 1.54) is 36.5 Å². The standard InChI is InChI=1S/C42H28N6O7/c1-23-2-6-27(44-21-23)20-36(49)24-3-15-32-34(18-24)41(53)47(39(32)51)28-7-11-30(12-8-28)55-31-13-9-29(10-14-31)48-40(52)33-16-4-25(19-35(33)42(48)54)38(50)46-37-17-5-26(43)22-45-37/h2-19,21-22H,20,43H2,1H3,(H,45,46,50). The number of amides is 5. The normalized spacial score (nSPS) is 13.2. The number of fused-ring (bicyclic) bond motifs is 2. The minimum absolute atomic E-state index is 0.0610. The lowest BCUT2D eigenvalue weighted by molar-refractivity contribution is 0.0910. The third-order valence-electron chi connectivity index (χ3n) is 9.13. The third kappa shape index (κ3) is 6.46. The zero-order valence-electron chi connectivity index (χ0n) is 29.0. The van der Waals surface area contributed by atoms with Gasteiger partial charge in [0, 0.05) is 23.0 Å². The highest BCUT2D eigenvalue weighted by Gasteiger charge is 2.38. The topological polar surface area (TPSA) is 182 Å². The molecule has 0 fully saturated rings. The number of hydrogen-bond donors (Lipinski definition) is 2. The Morgan fingerprint density at radius 2 is 1.16 bits per heavy atom. The van der Waals surface area contributed by atoms with E-state index >= 15 is 0 Å². The number of pyridine rings is 2. The summed E-state index contributed by atoms with van der Waals surface area (Å²) in [5.74, 6) is -1.84. The van der Waals surface area contributed by atoms with Gasteiger partial charge in [-0.25, -0.2) is 14.8 Å². The molecule has 4 aromatic carbocycles. The molecule has 2 aliphatic heterocycles. The number of nitrogen functional groups attached to an aromatic ring is 1. The smallest absolute Gasteiger partial charge is 0.266 e. The molecule has 8 rings (SSSR count). The third-order valence-corrected chi connectivity index (χ3v) is 9.13. The van der Waals surface area contributed by atoms with Crippen LogP contribution in [0.3, 0.4) is 0 Å². The van der Waals surface area contributed by atoms with Crippen molar-refractivity contribution in [1.82, 2.24) is 9.97 Å². The predicted molar refractivity (Wildman–Crippen MR) is 202 cm³/mol. The molecule has 0 bridgehead atoms. The first-order chi connectivity index (χ1) is 26.5. The van der Waals surface area contributed by atoms with E-state index in [1.807, 2.05) is 13.0 Å². The number of imide groups is 2. The van der Waals surface area contributed by atoms with Crippen molar-refractivity contribution in [2.24, 2.45) is 0 Å². The van der Waals surface area contributed by atoms with Gasteiger partial charge in [-0.3, -0.25) is 33.8 Å². The SMILES string of the molecule is Cc1ccc(CC(=O)c2ccc3c(c2)C(=O)N(c2ccc(Oc4ccc(N5C(=O)c6ccc(C(=O)Nc7ccc(N)cn7)cc6C5=O)cc4)cc2)C3=O)nc1. The van der Waals surface area contributed by atoms with Crippen molar-refractivity contribution >= 4 is 58.2 Å². The van der Waals surface area contributed by atoms with Crippen LogP contribution < -0.4 is 25.6 Å². The fraction of sp³-hybridized carbons (Fsp3) is 0.0476. The Labute approximate surface area is 313 Å². The van der Waals surface area contributed by atoms with Crippen molar-refractivity contribution < 1.29 is 33.5 Å². The van der Waals surface area contributed by atoms with Gasteiger partial charge in [0.1, 0.15) is 17.3 Å². The number of benzene rings is 4. The van der Waals surface area contributed by atoms with Gasteiger partial charge in [0.05, 0.1) is 51.9 Å². The number of hydrogen-bond acceptors (Lipinski definition) is 10. The van der Waals surface area contributed by atoms with Crippen LogP contribution in [-0.4, -0.2) is 45.3 Å². The molecule has 3 N–H and O–H groups in total. The molecule has 13 heteroatoms. The molecule has 0 radical (unpaired) electrons. The summed E-state index contributed by atoms with van der Waals surface area (Å²) in [5.41, 5.74) is 9.36. The summed E-state index contributed by atoms with van der Waals surface area (Å²) in [6.07, 6.45) is 3.15. The zero-order chi connectivity index (χ0) is 38.4. The van der Waals surface area contributed by atoms with Gasteiger partial charge in [0.15, 0.2) is 5.78 Å². The predicted octanol–water partition coefficient (Wildman–Crippen LogP) is 6.44. The van der Waals surface area contributed by atoms with E-state index in [0.29, 0.717) is 39.8 Å². The fourth-order valence-corrected chi connectivity index (χ4v) is 6.27. The van der Waals surface area contributed by atoms with Crippen LogP contribution in [0.15, 0.2) is 122 Å². The maximum atomic E-state index is 13.4. The number of ether oxygens (including phenoxy) is 1. The Kier molecular flexibility index (Phi) is 8.50. The quantitative estimate of drug-likeness (QED) is 0.124. The van der Waals surface area contributed by atoms with E-state index in [-0.39, 0.29) is 45.8 Å². The molecule has 4 heterocycles. The average molecular weight is 729 g/mol. The summed E-state index contributed by atoms with van der Waals surface area (Å²) in [4.78, 5) is 89.5. The Bertz CT molecular complexity index is 2410. The number of carbonyl (C=O) groups excluding carboxylic acids is 6. The highest BCUT2D eigenvalue weighted by atomic mass is 16.5. The maximum Gasteiger partial charge on any atom is 0.266 e. The minimum atomic E-state index is -0.583. The number of Topliss-reactive ketones (excluding diaryl/α,β-unsaturated/α-hetero) is 1. The van der Waals surface area contributed by atoms with Crippen molar-refractivity contribution in [3.05, 3.63) is 166 Å². The van der Waals surface area contributed by atoms with Gasteiger partial charge in [-0.05, 0) is 110 Å². The summed E-state index contributed by atoms with van der Waals surface area (Å²) in [6.45, 7) is 1.91. The molecule has 0 aliphatic carbocycles. The molecule has 55 heavy (non-hydrogen) atoms. The van der Waals surface area contributed by atoms with Crippen molar-refractivity contribution in [2.75, 3.05) is 20.9 Å². The number of nitrogens with one attached hydrogen (secondary N) is 1. The van der Waals surface area contributed by atoms with E-state index in [1.54, 1.807) is 79.0 Å². The molecular formula is C42H28N6O7. The van der Waals surface area contributed by atoms with Crippen LogP contribution in [0.2, 0.25) is 0 Å². The van der Waals surface area contributed by atoms with Crippen LogP contribution in [-0.2, 0) is 6.42 Å². The molecule has 0 atom stereocenters. The van der Waals surface area contributed by atoms with Crippen LogP contribution in [0, 0.1) is 6.92 Å². The Morgan fingerprint density at radius 1 is 0.618 bits per heavy atom. The van der Waals surface area contributed by atoms with E-state index < -0.39 is 29.5 Å². The van der Waals surface area contributed by atoms with E-state index in [9.17, 15) is 28.8 Å². The zero-order valence-corrected chi connectivity index (χ0v) is 29.0. The molecule has 6 aromatic rings. The summed E-state index contributed by atoms with van der Waals surface area (Å²) < 4.78 is 5.96. The Balaban J connectivity index is 0.918. The van der Waals surface area contributed by atoms with Gasteiger partial charge < -0.3 is 15.8 Å². The monoisotopic (exact) mass is 728 g/mol. The van der Waals surface area contributed by atoms with Crippen molar-refractivity contribution in [3.63, 3.8) is 0 Å². The lowest BCUT2D eigenvalue weighted by atomic mass is 10.0. The summed E-state index contributed by atoms with van der Waals surface area (Å²) in [7, 11) is 0. The number of anilines is 4. The van der Waals surface area contributed by atoms with Crippen LogP contribution in [0.25, 0.3) is 0 Å². The molecule has 268 valence electrons. The van der Waals surface area contributed by atoms with Gasteiger partial charge in [0.2, 0.25) is 0 Å². The molecule has 2 aromatic heterocycles. The van der Waals surface area contributed by atoms with Crippen molar-refractivity contribution in [3.8, 4) is 11.5 Å². The molecule has 0 saturated heterocycles. The first-order valence-corrected chi connectivity index (χ1v) is 17.0. The summed E-state index contributed by atoms with van der Waals surface area (Å²) in [5, 5.41) is 2.64. The van der Waals surface area contributed by atoms with Crippen LogP contribution in [0.1, 0.15) is 73.4 Å². The average Bonchev–Trinajstić information content (AvgIpc) is 3.60. The second-order valence-electron chi connectivity index (χ2n) is 12.9. The summed E-state index contributed by atoms with van der Waals surface area (Å²) >= 11 is 0. The fourth-order valence-electron chi connectivity index (χ4n) is 6.27.